The van der Waals surface area contributed by atoms with Gasteiger partial charge in [0.15, 0.2) is 0 Å². The number of aryl methyl sites for hydroxylation is 2. The first-order valence-corrected chi connectivity index (χ1v) is 11.1. The molecule has 0 aromatic carbocycles. The molecular formula is C22H27ClN6O3. The van der Waals surface area contributed by atoms with Gasteiger partial charge in [0.2, 0.25) is 5.88 Å². The average Bonchev–Trinajstić information content (AvgIpc) is 3.35. The fraction of sp³-hybridized carbons (Fsp3) is 0.455. The summed E-state index contributed by atoms with van der Waals surface area (Å²) in [5, 5.41) is 17.9. The Morgan fingerprint density at radius 1 is 1.31 bits per heavy atom. The van der Waals surface area contributed by atoms with Gasteiger partial charge in [-0.2, -0.15) is 10.2 Å². The molecule has 1 fully saturated rings. The number of rotatable bonds is 7. The van der Waals surface area contributed by atoms with Crippen LogP contribution in [0.4, 0.5) is 5.69 Å². The van der Waals surface area contributed by atoms with Crippen LogP contribution in [0.15, 0.2) is 29.3 Å². The number of aromatic nitrogens is 5. The molecule has 4 heterocycles. The van der Waals surface area contributed by atoms with Gasteiger partial charge in [-0.05, 0) is 32.4 Å². The molecule has 3 aromatic heterocycles. The zero-order valence-corrected chi connectivity index (χ0v) is 19.2. The van der Waals surface area contributed by atoms with Crippen molar-refractivity contribution in [2.45, 2.75) is 46.4 Å². The predicted molar refractivity (Wildman–Crippen MR) is 122 cm³/mol. The van der Waals surface area contributed by atoms with Crippen LogP contribution in [0.5, 0.6) is 5.88 Å². The topological polar surface area (TPSA) is 98.3 Å². The first-order chi connectivity index (χ1) is 15.4. The first kappa shape index (κ1) is 22.3. The van der Waals surface area contributed by atoms with Gasteiger partial charge in [0, 0.05) is 43.0 Å². The van der Waals surface area contributed by atoms with Crippen molar-refractivity contribution in [3.05, 3.63) is 51.3 Å². The van der Waals surface area contributed by atoms with Crippen LogP contribution in [0.2, 0.25) is 5.02 Å². The maximum absolute atomic E-state index is 12.3. The summed E-state index contributed by atoms with van der Waals surface area (Å²) in [4.78, 5) is 18.7. The summed E-state index contributed by atoms with van der Waals surface area (Å²) in [6.07, 6.45) is 4.00. The van der Waals surface area contributed by atoms with Crippen molar-refractivity contribution >= 4 is 17.3 Å². The fourth-order valence-corrected chi connectivity index (χ4v) is 4.46. The molecule has 0 saturated carbocycles. The lowest BCUT2D eigenvalue weighted by Gasteiger charge is -2.20. The molecule has 0 amide bonds. The smallest absolute Gasteiger partial charge is 0.287 e. The highest BCUT2D eigenvalue weighted by atomic mass is 35.5. The van der Waals surface area contributed by atoms with Crippen molar-refractivity contribution in [2.24, 2.45) is 0 Å². The second kappa shape index (κ2) is 9.30. The molecule has 0 spiro atoms. The second-order valence-corrected chi connectivity index (χ2v) is 8.19. The number of halogens is 1. The summed E-state index contributed by atoms with van der Waals surface area (Å²) in [5.41, 5.74) is 4.40. The summed E-state index contributed by atoms with van der Waals surface area (Å²) in [6, 6.07) is 3.92. The molecule has 10 heteroatoms. The minimum absolute atomic E-state index is 0.0887. The van der Waals surface area contributed by atoms with Crippen molar-refractivity contribution < 1.29 is 9.84 Å². The van der Waals surface area contributed by atoms with E-state index in [9.17, 15) is 4.79 Å². The molecule has 1 aliphatic rings. The number of pyridine rings is 1. The lowest BCUT2D eigenvalue weighted by Crippen LogP contribution is -2.30. The average molecular weight is 459 g/mol. The quantitative estimate of drug-likeness (QED) is 0.580. The normalized spacial score (nSPS) is 16.0. The van der Waals surface area contributed by atoms with Gasteiger partial charge in [-0.1, -0.05) is 11.6 Å². The van der Waals surface area contributed by atoms with Crippen molar-refractivity contribution in [1.82, 2.24) is 24.5 Å². The van der Waals surface area contributed by atoms with E-state index in [0.717, 1.165) is 40.2 Å². The molecule has 170 valence electrons. The van der Waals surface area contributed by atoms with Crippen LogP contribution in [-0.4, -0.2) is 55.5 Å². The highest BCUT2D eigenvalue weighted by molar-refractivity contribution is 6.33. The summed E-state index contributed by atoms with van der Waals surface area (Å²) in [5.74, 6) is 0.556. The molecule has 3 aromatic rings. The highest BCUT2D eigenvalue weighted by Gasteiger charge is 2.27. The zero-order chi connectivity index (χ0) is 22.8. The van der Waals surface area contributed by atoms with Gasteiger partial charge < -0.3 is 14.7 Å². The summed E-state index contributed by atoms with van der Waals surface area (Å²) < 4.78 is 9.33. The molecule has 0 bridgehead atoms. The molecule has 1 saturated heterocycles. The number of hydrogen-bond acceptors (Lipinski definition) is 7. The van der Waals surface area contributed by atoms with Crippen LogP contribution in [0, 0.1) is 13.8 Å². The van der Waals surface area contributed by atoms with Crippen LogP contribution in [0.25, 0.3) is 11.1 Å². The molecule has 32 heavy (non-hydrogen) atoms. The molecule has 0 aliphatic carbocycles. The van der Waals surface area contributed by atoms with E-state index in [1.54, 1.807) is 12.4 Å². The van der Waals surface area contributed by atoms with Gasteiger partial charge >= 0.3 is 0 Å². The molecule has 4 rings (SSSR count). The molecule has 1 N–H and O–H groups in total. The largest absolute Gasteiger partial charge is 0.472 e. The van der Waals surface area contributed by atoms with Crippen molar-refractivity contribution in [3.63, 3.8) is 0 Å². The summed E-state index contributed by atoms with van der Waals surface area (Å²) >= 11 is 6.30. The molecular weight excluding hydrogens is 432 g/mol. The van der Waals surface area contributed by atoms with Gasteiger partial charge in [-0.15, -0.1) is 0 Å². The van der Waals surface area contributed by atoms with Gasteiger partial charge in [0.1, 0.15) is 11.1 Å². The van der Waals surface area contributed by atoms with Gasteiger partial charge in [0.25, 0.3) is 5.56 Å². The van der Waals surface area contributed by atoms with E-state index < -0.39 is 5.56 Å². The molecule has 1 aliphatic heterocycles. The van der Waals surface area contributed by atoms with E-state index >= 15 is 0 Å². The minimum Gasteiger partial charge on any atom is -0.472 e. The molecule has 0 unspecified atom stereocenters. The maximum atomic E-state index is 12.3. The fourth-order valence-electron chi connectivity index (χ4n) is 4.20. The van der Waals surface area contributed by atoms with Gasteiger partial charge in [-0.3, -0.25) is 9.48 Å². The van der Waals surface area contributed by atoms with E-state index in [1.165, 1.54) is 0 Å². The number of aliphatic hydroxyl groups excluding tert-OH is 1. The molecule has 0 radical (unpaired) electrons. The number of anilines is 1. The number of hydrogen-bond donors (Lipinski definition) is 1. The Morgan fingerprint density at radius 3 is 2.84 bits per heavy atom. The Morgan fingerprint density at radius 2 is 2.12 bits per heavy atom. The number of ether oxygens (including phenoxy) is 1. The Hall–Kier alpha value is -2.91. The molecule has 1 atom stereocenters. The maximum Gasteiger partial charge on any atom is 0.287 e. The Kier molecular flexibility index (Phi) is 6.48. The third-order valence-electron chi connectivity index (χ3n) is 5.76. The van der Waals surface area contributed by atoms with Crippen LogP contribution in [0.1, 0.15) is 24.7 Å². The predicted octanol–water partition coefficient (Wildman–Crippen LogP) is 2.44. The van der Waals surface area contributed by atoms with E-state index in [-0.39, 0.29) is 24.3 Å². The highest BCUT2D eigenvalue weighted by Crippen LogP contribution is 2.30. The van der Waals surface area contributed by atoms with E-state index in [2.05, 4.69) is 29.0 Å². The van der Waals surface area contributed by atoms with Crippen LogP contribution in [0.3, 0.4) is 0 Å². The van der Waals surface area contributed by atoms with Crippen molar-refractivity contribution in [1.29, 1.82) is 0 Å². The van der Waals surface area contributed by atoms with Crippen molar-refractivity contribution in [3.8, 4) is 17.0 Å². The first-order valence-electron chi connectivity index (χ1n) is 10.7. The number of nitrogens with zero attached hydrogens (tertiary/aromatic N) is 6. The Balaban J connectivity index is 1.49. The Labute approximate surface area is 191 Å². The lowest BCUT2D eigenvalue weighted by molar-refractivity contribution is 0.216. The standard InChI is InChI=1S/C22H27ClN6O3/c1-4-28-15(3)20(14(2)26-28)16-5-7-24-19(11-16)32-17-6-8-27(13-17)18-12-25-29(9-10-30)22(31)21(18)23/h5,7,11-12,17,30H,4,6,8-10,13H2,1-3H3/t17-/m1/s1. The summed E-state index contributed by atoms with van der Waals surface area (Å²) in [7, 11) is 0. The van der Waals surface area contributed by atoms with E-state index in [1.807, 2.05) is 28.6 Å². The monoisotopic (exact) mass is 458 g/mol. The lowest BCUT2D eigenvalue weighted by atomic mass is 10.1. The third-order valence-corrected chi connectivity index (χ3v) is 6.11. The minimum atomic E-state index is -0.407. The molecule has 9 nitrogen and oxygen atoms in total. The Bertz CT molecular complexity index is 1170. The van der Waals surface area contributed by atoms with Crippen LogP contribution < -0.4 is 15.2 Å². The van der Waals surface area contributed by atoms with E-state index in [0.29, 0.717) is 24.7 Å². The van der Waals surface area contributed by atoms with Gasteiger partial charge in [0.05, 0.1) is 37.3 Å². The zero-order valence-electron chi connectivity index (χ0n) is 18.5. The summed E-state index contributed by atoms with van der Waals surface area (Å²) in [6.45, 7) is 8.18. The third kappa shape index (κ3) is 4.22. The van der Waals surface area contributed by atoms with E-state index in [4.69, 9.17) is 21.4 Å². The van der Waals surface area contributed by atoms with Crippen molar-refractivity contribution in [2.75, 3.05) is 24.6 Å². The van der Waals surface area contributed by atoms with Crippen LogP contribution >= 0.6 is 11.6 Å². The number of aliphatic hydroxyl groups is 1. The van der Waals surface area contributed by atoms with Gasteiger partial charge in [-0.25, -0.2) is 9.67 Å². The second-order valence-electron chi connectivity index (χ2n) is 7.81. The SMILES string of the molecule is CCn1nc(C)c(-c2ccnc(O[C@@H]3CCN(c4cnn(CCO)c(=O)c4Cl)C3)c2)c1C. The van der Waals surface area contributed by atoms with Crippen LogP contribution in [-0.2, 0) is 13.1 Å².